The van der Waals surface area contributed by atoms with Crippen molar-refractivity contribution in [2.24, 2.45) is 0 Å². The van der Waals surface area contributed by atoms with Gasteiger partial charge < -0.3 is 19.4 Å². The standard InChI is InChI=1S/C22H24N2O4/c1-27-13-7-12-23-22(26)15-24-14-19(18-10-5-6-11-20(18)24)21(25)16-28-17-8-3-2-4-9-17/h2-6,8-11,14H,7,12-13,15-16H2,1H3,(H,23,26). The number of Topliss-reactive ketones (excluding diaryl/α,β-unsaturated/α-hetero) is 1. The molecule has 0 bridgehead atoms. The highest BCUT2D eigenvalue weighted by Gasteiger charge is 2.16. The molecule has 1 N–H and O–H groups in total. The van der Waals surface area contributed by atoms with E-state index in [4.69, 9.17) is 9.47 Å². The van der Waals surface area contributed by atoms with Crippen molar-refractivity contribution in [3.05, 3.63) is 66.4 Å². The van der Waals surface area contributed by atoms with Crippen LogP contribution in [0.2, 0.25) is 0 Å². The van der Waals surface area contributed by atoms with Crippen LogP contribution in [0.5, 0.6) is 5.75 Å². The van der Waals surface area contributed by atoms with Gasteiger partial charge in [-0.2, -0.15) is 0 Å². The molecular formula is C22H24N2O4. The van der Waals surface area contributed by atoms with Gasteiger partial charge >= 0.3 is 0 Å². The van der Waals surface area contributed by atoms with E-state index in [1.54, 1.807) is 17.9 Å². The molecule has 0 aliphatic rings. The van der Waals surface area contributed by atoms with Crippen LogP contribution in [-0.2, 0) is 16.1 Å². The number of para-hydroxylation sites is 2. The van der Waals surface area contributed by atoms with Crippen molar-refractivity contribution in [3.8, 4) is 5.75 Å². The van der Waals surface area contributed by atoms with Gasteiger partial charge in [-0.15, -0.1) is 0 Å². The highest BCUT2D eigenvalue weighted by Crippen LogP contribution is 2.22. The number of ketones is 1. The van der Waals surface area contributed by atoms with Crippen molar-refractivity contribution < 1.29 is 19.1 Å². The Morgan fingerprint density at radius 2 is 1.79 bits per heavy atom. The summed E-state index contributed by atoms with van der Waals surface area (Å²) < 4.78 is 12.4. The summed E-state index contributed by atoms with van der Waals surface area (Å²) in [5.41, 5.74) is 1.40. The second kappa shape index (κ2) is 9.71. The van der Waals surface area contributed by atoms with E-state index in [0.717, 1.165) is 17.3 Å². The second-order valence-electron chi connectivity index (χ2n) is 6.41. The predicted octanol–water partition coefficient (Wildman–Crippen LogP) is 3.06. The van der Waals surface area contributed by atoms with Gasteiger partial charge in [0, 0.05) is 42.9 Å². The fourth-order valence-corrected chi connectivity index (χ4v) is 3.00. The quantitative estimate of drug-likeness (QED) is 0.434. The lowest BCUT2D eigenvalue weighted by Crippen LogP contribution is -2.28. The molecule has 3 rings (SSSR count). The van der Waals surface area contributed by atoms with Crippen molar-refractivity contribution in [1.82, 2.24) is 9.88 Å². The summed E-state index contributed by atoms with van der Waals surface area (Å²) in [6.07, 6.45) is 2.49. The SMILES string of the molecule is COCCCNC(=O)Cn1cc(C(=O)COc2ccccc2)c2ccccc21. The number of carbonyl (C=O) groups is 2. The maximum Gasteiger partial charge on any atom is 0.239 e. The third-order valence-corrected chi connectivity index (χ3v) is 4.36. The van der Waals surface area contributed by atoms with Crippen LogP contribution in [0.1, 0.15) is 16.8 Å². The number of rotatable bonds is 10. The molecule has 1 aromatic heterocycles. The molecule has 3 aromatic rings. The normalized spacial score (nSPS) is 10.8. The summed E-state index contributed by atoms with van der Waals surface area (Å²) in [5, 5.41) is 3.68. The molecule has 0 aliphatic carbocycles. The first-order valence-electron chi connectivity index (χ1n) is 9.23. The first kappa shape index (κ1) is 19.6. The van der Waals surface area contributed by atoms with Crippen LogP contribution >= 0.6 is 0 Å². The van der Waals surface area contributed by atoms with E-state index in [1.165, 1.54) is 0 Å². The molecule has 0 atom stereocenters. The lowest BCUT2D eigenvalue weighted by molar-refractivity contribution is -0.121. The minimum atomic E-state index is -0.126. The number of amides is 1. The average molecular weight is 380 g/mol. The van der Waals surface area contributed by atoms with Gasteiger partial charge in [0.2, 0.25) is 11.7 Å². The van der Waals surface area contributed by atoms with Crippen LogP contribution in [-0.4, -0.2) is 43.1 Å². The molecular weight excluding hydrogens is 356 g/mol. The first-order valence-corrected chi connectivity index (χ1v) is 9.23. The molecule has 1 amide bonds. The lowest BCUT2D eigenvalue weighted by Gasteiger charge is -2.07. The molecule has 0 saturated heterocycles. The van der Waals surface area contributed by atoms with Crippen LogP contribution in [0.25, 0.3) is 10.9 Å². The summed E-state index contributed by atoms with van der Waals surface area (Å²) in [7, 11) is 1.63. The number of fused-ring (bicyclic) bond motifs is 1. The van der Waals surface area contributed by atoms with E-state index < -0.39 is 0 Å². The molecule has 0 aliphatic heterocycles. The maximum atomic E-state index is 12.7. The van der Waals surface area contributed by atoms with Gasteiger partial charge in [-0.3, -0.25) is 9.59 Å². The second-order valence-corrected chi connectivity index (χ2v) is 6.41. The van der Waals surface area contributed by atoms with Gasteiger partial charge in [0.1, 0.15) is 12.3 Å². The Morgan fingerprint density at radius 1 is 1.04 bits per heavy atom. The zero-order chi connectivity index (χ0) is 19.8. The van der Waals surface area contributed by atoms with Gasteiger partial charge in [0.25, 0.3) is 0 Å². The van der Waals surface area contributed by atoms with E-state index in [2.05, 4.69) is 5.32 Å². The third-order valence-electron chi connectivity index (χ3n) is 4.36. The highest BCUT2D eigenvalue weighted by molar-refractivity contribution is 6.09. The molecule has 0 radical (unpaired) electrons. The van der Waals surface area contributed by atoms with Gasteiger partial charge in [0.05, 0.1) is 0 Å². The fraction of sp³-hybridized carbons (Fsp3) is 0.273. The molecule has 28 heavy (non-hydrogen) atoms. The van der Waals surface area contributed by atoms with Crippen LogP contribution in [0.15, 0.2) is 60.8 Å². The zero-order valence-corrected chi connectivity index (χ0v) is 15.9. The minimum absolute atomic E-state index is 0.0543. The van der Waals surface area contributed by atoms with Gasteiger partial charge in [-0.1, -0.05) is 36.4 Å². The van der Waals surface area contributed by atoms with Crippen molar-refractivity contribution >= 4 is 22.6 Å². The summed E-state index contributed by atoms with van der Waals surface area (Å²) in [6, 6.07) is 16.8. The number of carbonyl (C=O) groups excluding carboxylic acids is 2. The van der Waals surface area contributed by atoms with E-state index in [9.17, 15) is 9.59 Å². The summed E-state index contributed by atoms with van der Waals surface area (Å²) in [6.45, 7) is 1.26. The third kappa shape index (κ3) is 4.98. The fourth-order valence-electron chi connectivity index (χ4n) is 3.00. The minimum Gasteiger partial charge on any atom is -0.485 e. The molecule has 0 saturated carbocycles. The van der Waals surface area contributed by atoms with Crippen molar-refractivity contribution in [3.63, 3.8) is 0 Å². The maximum absolute atomic E-state index is 12.7. The Hall–Kier alpha value is -3.12. The molecule has 146 valence electrons. The lowest BCUT2D eigenvalue weighted by atomic mass is 10.1. The molecule has 0 unspecified atom stereocenters. The average Bonchev–Trinajstić information content (AvgIpc) is 3.09. The highest BCUT2D eigenvalue weighted by atomic mass is 16.5. The molecule has 0 spiro atoms. The number of benzene rings is 2. The van der Waals surface area contributed by atoms with Crippen LogP contribution in [0, 0.1) is 0 Å². The van der Waals surface area contributed by atoms with Gasteiger partial charge in [0.15, 0.2) is 6.61 Å². The number of ether oxygens (including phenoxy) is 2. The summed E-state index contributed by atoms with van der Waals surface area (Å²) in [5.74, 6) is 0.422. The van der Waals surface area contributed by atoms with Gasteiger partial charge in [-0.05, 0) is 24.6 Å². The smallest absolute Gasteiger partial charge is 0.239 e. The zero-order valence-electron chi connectivity index (χ0n) is 15.9. The predicted molar refractivity (Wildman–Crippen MR) is 108 cm³/mol. The van der Waals surface area contributed by atoms with Crippen molar-refractivity contribution in [1.29, 1.82) is 0 Å². The van der Waals surface area contributed by atoms with E-state index >= 15 is 0 Å². The Bertz CT molecular complexity index is 934. The van der Waals surface area contributed by atoms with Crippen LogP contribution in [0.3, 0.4) is 0 Å². The molecule has 2 aromatic carbocycles. The number of methoxy groups -OCH3 is 1. The monoisotopic (exact) mass is 380 g/mol. The number of hydrogen-bond acceptors (Lipinski definition) is 4. The number of aromatic nitrogens is 1. The molecule has 6 heteroatoms. The number of hydrogen-bond donors (Lipinski definition) is 1. The Kier molecular flexibility index (Phi) is 6.81. The molecule has 0 fully saturated rings. The number of nitrogens with one attached hydrogen (secondary N) is 1. The van der Waals surface area contributed by atoms with E-state index in [0.29, 0.717) is 24.5 Å². The molecule has 1 heterocycles. The van der Waals surface area contributed by atoms with Crippen LogP contribution < -0.4 is 10.1 Å². The Labute approximate surface area is 164 Å². The van der Waals surface area contributed by atoms with E-state index in [-0.39, 0.29) is 24.8 Å². The van der Waals surface area contributed by atoms with Crippen LogP contribution in [0.4, 0.5) is 0 Å². The topological polar surface area (TPSA) is 69.6 Å². The summed E-state index contributed by atoms with van der Waals surface area (Å²) in [4.78, 5) is 24.9. The Morgan fingerprint density at radius 3 is 2.57 bits per heavy atom. The van der Waals surface area contributed by atoms with E-state index in [1.807, 2.05) is 54.6 Å². The molecule has 6 nitrogen and oxygen atoms in total. The number of nitrogens with zero attached hydrogens (tertiary/aromatic N) is 1. The van der Waals surface area contributed by atoms with Crippen molar-refractivity contribution in [2.75, 3.05) is 26.9 Å². The summed E-state index contributed by atoms with van der Waals surface area (Å²) >= 11 is 0. The first-order chi connectivity index (χ1) is 13.7. The van der Waals surface area contributed by atoms with Gasteiger partial charge in [-0.25, -0.2) is 0 Å². The van der Waals surface area contributed by atoms with Crippen molar-refractivity contribution in [2.45, 2.75) is 13.0 Å². The largest absolute Gasteiger partial charge is 0.485 e. The Balaban J connectivity index is 1.71.